The molecule has 0 saturated carbocycles. The first-order chi connectivity index (χ1) is 34.1. The van der Waals surface area contributed by atoms with E-state index in [9.17, 15) is 38.4 Å². The molecule has 0 bridgehead atoms. The Bertz CT molecular complexity index is 3000. The highest BCUT2D eigenvalue weighted by Gasteiger charge is 2.22. The van der Waals surface area contributed by atoms with Gasteiger partial charge in [-0.05, 0) is 57.4 Å². The Hall–Kier alpha value is -8.71. The molecule has 0 aliphatic heterocycles. The van der Waals surface area contributed by atoms with Gasteiger partial charge in [0.1, 0.15) is 28.5 Å². The first kappa shape index (κ1) is 52.7. The van der Waals surface area contributed by atoms with Crippen molar-refractivity contribution in [2.24, 2.45) is 48.0 Å². The molecular formula is C47H61N17O8. The van der Waals surface area contributed by atoms with Crippen molar-refractivity contribution in [1.82, 2.24) is 53.2 Å². The maximum absolute atomic E-state index is 13.4. The van der Waals surface area contributed by atoms with Gasteiger partial charge in [0.05, 0.1) is 28.4 Å². The molecule has 25 heteroatoms. The summed E-state index contributed by atoms with van der Waals surface area (Å²) in [6.07, 6.45) is 11.8. The lowest BCUT2D eigenvalue weighted by atomic mass is 10.2. The molecular weight excluding hydrogens is 931 g/mol. The molecule has 25 nitrogen and oxygen atoms in total. The van der Waals surface area contributed by atoms with E-state index in [2.05, 4.69) is 47.5 Å². The van der Waals surface area contributed by atoms with Crippen molar-refractivity contribution >= 4 is 75.7 Å². The monoisotopic (exact) mass is 991 g/mol. The third kappa shape index (κ3) is 13.7. The zero-order valence-corrected chi connectivity index (χ0v) is 41.4. The van der Waals surface area contributed by atoms with Crippen LogP contribution in [0.1, 0.15) is 82.3 Å². The van der Waals surface area contributed by atoms with Gasteiger partial charge in [-0.2, -0.15) is 0 Å². The standard InChI is InChI=1S/C47H61N17O8/c1-58(2)14-9-11-49-39(65)10-12-51-42(67)34-18-30(24-60(34)4)54-45(70)37-20-32(26-63(37)7)56-44(69)36-17-29(23-62(36)6)53-40(66)16-28(48)22-52-43(68)35-19-31(25-61(35)5)55-46(71)38-21-33(27-64(38)8)57-47(72)41-50-13-15-59(41)3/h13,15,17-21,23-28H,9-12,14,16,22,48H2,1-8H3,(H,49,65)(H,51,67)(H,52,68)(H,53,66)(H,54,70)(H,55,71)(H,56,69)(H,57,72)/t28-/m1/s1. The second-order valence-electron chi connectivity index (χ2n) is 17.5. The van der Waals surface area contributed by atoms with Crippen LogP contribution in [-0.2, 0) is 51.9 Å². The summed E-state index contributed by atoms with van der Waals surface area (Å²) in [5.41, 5.74) is 9.11. The summed E-state index contributed by atoms with van der Waals surface area (Å²) in [4.78, 5) is 110. The van der Waals surface area contributed by atoms with E-state index in [4.69, 9.17) is 5.73 Å². The maximum atomic E-state index is 13.4. The van der Waals surface area contributed by atoms with Crippen LogP contribution in [0.2, 0.25) is 0 Å². The average molecular weight is 992 g/mol. The fraction of sp³-hybridized carbons (Fsp3) is 0.340. The molecule has 0 aliphatic rings. The van der Waals surface area contributed by atoms with Crippen LogP contribution in [-0.4, -0.2) is 131 Å². The van der Waals surface area contributed by atoms with E-state index in [1.54, 1.807) is 93.2 Å². The zero-order valence-electron chi connectivity index (χ0n) is 41.4. The van der Waals surface area contributed by atoms with E-state index in [0.29, 0.717) is 35.0 Å². The topological polar surface area (TPSA) is 305 Å². The molecule has 0 radical (unpaired) electrons. The summed E-state index contributed by atoms with van der Waals surface area (Å²) < 4.78 is 9.26. The highest BCUT2D eigenvalue weighted by Crippen LogP contribution is 2.21. The van der Waals surface area contributed by atoms with Crippen LogP contribution in [0.15, 0.2) is 73.7 Å². The Balaban J connectivity index is 0.932. The SMILES string of the molecule is CN(C)CCCNC(=O)CCNC(=O)c1cc(NC(=O)c2cc(NC(=O)c3cc(NC(=O)C[C@@H](N)CNC(=O)c4cc(NC(=O)c5cc(NC(=O)c6nccn6C)cn5C)cn4C)cn3C)cn2C)cn1C. The van der Waals surface area contributed by atoms with Crippen molar-refractivity contribution in [3.8, 4) is 0 Å². The van der Waals surface area contributed by atoms with Crippen LogP contribution in [0.5, 0.6) is 0 Å². The average Bonchev–Trinajstić information content (AvgIpc) is 4.18. The zero-order chi connectivity index (χ0) is 52.4. The lowest BCUT2D eigenvalue weighted by Gasteiger charge is -2.12. The van der Waals surface area contributed by atoms with Gasteiger partial charge in [-0.15, -0.1) is 0 Å². The highest BCUT2D eigenvalue weighted by atomic mass is 16.2. The van der Waals surface area contributed by atoms with Crippen molar-refractivity contribution in [1.29, 1.82) is 0 Å². The number of hydrogen-bond donors (Lipinski definition) is 9. The number of imidazole rings is 1. The van der Waals surface area contributed by atoms with Crippen molar-refractivity contribution in [2.45, 2.75) is 25.3 Å². The van der Waals surface area contributed by atoms with Crippen molar-refractivity contribution in [3.05, 3.63) is 108 Å². The summed E-state index contributed by atoms with van der Waals surface area (Å²) >= 11 is 0. The van der Waals surface area contributed by atoms with Crippen LogP contribution >= 0.6 is 0 Å². The normalized spacial score (nSPS) is 11.5. The van der Waals surface area contributed by atoms with Crippen LogP contribution in [0.25, 0.3) is 0 Å². The Kier molecular flexibility index (Phi) is 17.0. The van der Waals surface area contributed by atoms with Gasteiger partial charge >= 0.3 is 0 Å². The van der Waals surface area contributed by atoms with Gasteiger partial charge in [-0.3, -0.25) is 38.4 Å². The van der Waals surface area contributed by atoms with E-state index in [1.807, 2.05) is 19.0 Å². The molecule has 0 fully saturated rings. The molecule has 0 unspecified atom stereocenters. The summed E-state index contributed by atoms with van der Waals surface area (Å²) in [5.74, 6) is -3.25. The number of nitrogens with two attached hydrogens (primary N) is 1. The van der Waals surface area contributed by atoms with E-state index < -0.39 is 47.4 Å². The molecule has 382 valence electrons. The number of rotatable bonds is 22. The van der Waals surface area contributed by atoms with Crippen molar-refractivity contribution in [3.63, 3.8) is 0 Å². The van der Waals surface area contributed by atoms with Gasteiger partial charge in [0.2, 0.25) is 11.8 Å². The number of carbonyl (C=O) groups is 8. The Morgan fingerprint density at radius 3 is 1.33 bits per heavy atom. The summed E-state index contributed by atoms with van der Waals surface area (Å²) in [6.45, 7) is 1.48. The van der Waals surface area contributed by atoms with Crippen LogP contribution < -0.4 is 48.3 Å². The largest absolute Gasteiger partial charge is 0.356 e. The minimum absolute atomic E-state index is 0.0568. The molecule has 72 heavy (non-hydrogen) atoms. The smallest absolute Gasteiger partial charge is 0.291 e. The Morgan fingerprint density at radius 1 is 0.514 bits per heavy atom. The van der Waals surface area contributed by atoms with E-state index in [0.717, 1.165) is 13.0 Å². The molecule has 6 aromatic rings. The molecule has 6 aromatic heterocycles. The summed E-state index contributed by atoms with van der Waals surface area (Å²) in [7, 11) is 13.8. The number of aryl methyl sites for hydroxylation is 6. The molecule has 0 aromatic carbocycles. The van der Waals surface area contributed by atoms with Gasteiger partial charge in [0.25, 0.3) is 35.4 Å². The van der Waals surface area contributed by atoms with Crippen molar-refractivity contribution in [2.75, 3.05) is 66.9 Å². The predicted octanol–water partition coefficient (Wildman–Crippen LogP) is 1.40. The molecule has 0 saturated heterocycles. The fourth-order valence-electron chi connectivity index (χ4n) is 7.58. The first-order valence-corrected chi connectivity index (χ1v) is 22.7. The number of nitrogens with one attached hydrogen (secondary N) is 8. The van der Waals surface area contributed by atoms with Crippen LogP contribution in [0, 0.1) is 0 Å². The van der Waals surface area contributed by atoms with E-state index >= 15 is 0 Å². The first-order valence-electron chi connectivity index (χ1n) is 22.7. The second kappa shape index (κ2) is 23.3. The molecule has 1 atom stereocenters. The minimum Gasteiger partial charge on any atom is -0.356 e. The number of hydrogen-bond acceptors (Lipinski definition) is 11. The van der Waals surface area contributed by atoms with Crippen molar-refractivity contribution < 1.29 is 38.4 Å². The molecule has 6 heterocycles. The van der Waals surface area contributed by atoms with Gasteiger partial charge in [-0.1, -0.05) is 0 Å². The maximum Gasteiger partial charge on any atom is 0.291 e. The van der Waals surface area contributed by atoms with E-state index in [-0.39, 0.29) is 66.1 Å². The summed E-state index contributed by atoms with van der Waals surface area (Å²) in [5, 5.41) is 22.0. The third-order valence-electron chi connectivity index (χ3n) is 11.2. The fourth-order valence-corrected chi connectivity index (χ4v) is 7.58. The van der Waals surface area contributed by atoms with Crippen LogP contribution in [0.3, 0.4) is 0 Å². The Morgan fingerprint density at radius 2 is 0.917 bits per heavy atom. The number of nitrogens with zero attached hydrogens (tertiary/aromatic N) is 8. The highest BCUT2D eigenvalue weighted by molar-refractivity contribution is 6.09. The number of carbonyl (C=O) groups excluding carboxylic acids is 8. The van der Waals surface area contributed by atoms with Gasteiger partial charge in [-0.25, -0.2) is 4.98 Å². The molecule has 0 spiro atoms. The molecule has 6 rings (SSSR count). The van der Waals surface area contributed by atoms with E-state index in [1.165, 1.54) is 50.2 Å². The summed E-state index contributed by atoms with van der Waals surface area (Å²) in [6, 6.07) is 6.71. The number of amides is 8. The van der Waals surface area contributed by atoms with Gasteiger partial charge < -0.3 is 80.6 Å². The quantitative estimate of drug-likeness (QED) is 0.0438. The molecule has 8 amide bonds. The third-order valence-corrected chi connectivity index (χ3v) is 11.2. The van der Waals surface area contributed by atoms with Gasteiger partial charge in [0.15, 0.2) is 5.82 Å². The van der Waals surface area contributed by atoms with Crippen LogP contribution in [0.4, 0.5) is 28.4 Å². The lowest BCUT2D eigenvalue weighted by Crippen LogP contribution is -2.39. The minimum atomic E-state index is -0.781. The van der Waals surface area contributed by atoms with Gasteiger partial charge in [0, 0.05) is 124 Å². The molecule has 10 N–H and O–H groups in total. The molecule has 0 aliphatic carbocycles. The number of aromatic nitrogens is 7. The predicted molar refractivity (Wildman–Crippen MR) is 269 cm³/mol. The number of anilines is 5. The Labute approximate surface area is 414 Å². The lowest BCUT2D eigenvalue weighted by molar-refractivity contribution is -0.121. The second-order valence-corrected chi connectivity index (χ2v) is 17.5.